The number of hydrogen-bond donors (Lipinski definition) is 0. The van der Waals surface area contributed by atoms with Crippen LogP contribution in [0.4, 0.5) is 0 Å². The lowest BCUT2D eigenvalue weighted by atomic mass is 9.76. The summed E-state index contributed by atoms with van der Waals surface area (Å²) in [5.41, 5.74) is -0.789. The van der Waals surface area contributed by atoms with Gasteiger partial charge in [-0.25, -0.2) is 0 Å². The van der Waals surface area contributed by atoms with Gasteiger partial charge in [-0.15, -0.1) is 0 Å². The summed E-state index contributed by atoms with van der Waals surface area (Å²) in [5.74, 6) is -0.321. The van der Waals surface area contributed by atoms with Gasteiger partial charge >= 0.3 is 5.97 Å². The van der Waals surface area contributed by atoms with Crippen molar-refractivity contribution in [1.29, 1.82) is 0 Å². The van der Waals surface area contributed by atoms with Gasteiger partial charge in [0.2, 0.25) is 0 Å². The lowest BCUT2D eigenvalue weighted by Crippen LogP contribution is -2.35. The molecule has 0 radical (unpaired) electrons. The van der Waals surface area contributed by atoms with Gasteiger partial charge in [0.15, 0.2) is 11.9 Å². The van der Waals surface area contributed by atoms with Crippen molar-refractivity contribution >= 4 is 11.8 Å². The number of rotatable bonds is 0. The number of ether oxygens (including phenoxy) is 1. The molecule has 2 atom stereocenters. The number of Topliss-reactive ketones (excluding diaryl/α,β-unsaturated/α-hetero) is 1. The van der Waals surface area contributed by atoms with Gasteiger partial charge in [-0.1, -0.05) is 0 Å². The first-order valence-electron chi connectivity index (χ1n) is 3.90. The van der Waals surface area contributed by atoms with Crippen molar-refractivity contribution in [2.24, 2.45) is 5.41 Å². The van der Waals surface area contributed by atoms with Gasteiger partial charge in [0.25, 0.3) is 0 Å². The first-order chi connectivity index (χ1) is 5.14. The average molecular weight is 154 g/mol. The molecular formula is C8H10O3. The van der Waals surface area contributed by atoms with Crippen molar-refractivity contribution in [3.05, 3.63) is 0 Å². The Kier molecular flexibility index (Phi) is 1.14. The predicted molar refractivity (Wildman–Crippen MR) is 36.8 cm³/mol. The smallest absolute Gasteiger partial charge is 0.320 e. The Morgan fingerprint density at radius 2 is 2.27 bits per heavy atom. The first kappa shape index (κ1) is 6.83. The standard InChI is InChI=1S/C8H10O3/c1-8-4-2-3-5(6(8)9)11-7(8)10/h5H,2-4H2,1H3/t5-,8+/m0/s1. The maximum absolute atomic E-state index is 11.4. The summed E-state index contributed by atoms with van der Waals surface area (Å²) in [4.78, 5) is 22.5. The quantitative estimate of drug-likeness (QED) is 0.380. The highest BCUT2D eigenvalue weighted by atomic mass is 16.6. The lowest BCUT2D eigenvalue weighted by Gasteiger charge is -2.20. The van der Waals surface area contributed by atoms with Gasteiger partial charge in [-0.05, 0) is 26.2 Å². The second-order valence-corrected chi connectivity index (χ2v) is 3.48. The maximum atomic E-state index is 11.4. The fourth-order valence-corrected chi connectivity index (χ4v) is 1.82. The van der Waals surface area contributed by atoms with Crippen LogP contribution in [0, 0.1) is 5.41 Å². The first-order valence-corrected chi connectivity index (χ1v) is 3.90. The van der Waals surface area contributed by atoms with Crippen LogP contribution in [0.3, 0.4) is 0 Å². The molecule has 3 heteroatoms. The number of hydrogen-bond acceptors (Lipinski definition) is 3. The molecule has 2 aliphatic rings. The maximum Gasteiger partial charge on any atom is 0.320 e. The average Bonchev–Trinajstić information content (AvgIpc) is 2.16. The van der Waals surface area contributed by atoms with Gasteiger partial charge in [0, 0.05) is 0 Å². The Hall–Kier alpha value is -0.860. The zero-order valence-corrected chi connectivity index (χ0v) is 6.42. The second-order valence-electron chi connectivity index (χ2n) is 3.48. The van der Waals surface area contributed by atoms with Gasteiger partial charge in [0.05, 0.1) is 0 Å². The number of esters is 1. The molecule has 60 valence electrons. The molecular weight excluding hydrogens is 144 g/mol. The highest BCUT2D eigenvalue weighted by molar-refractivity contribution is 6.10. The van der Waals surface area contributed by atoms with Crippen LogP contribution in [0.5, 0.6) is 0 Å². The van der Waals surface area contributed by atoms with Crippen LogP contribution in [0.25, 0.3) is 0 Å². The highest BCUT2D eigenvalue weighted by Crippen LogP contribution is 2.41. The van der Waals surface area contributed by atoms with Gasteiger partial charge < -0.3 is 4.74 Å². The SMILES string of the molecule is C[C@]12CCC[C@H](OC1=O)C2=O. The van der Waals surface area contributed by atoms with Gasteiger partial charge in [0.1, 0.15) is 5.41 Å². The minimum atomic E-state index is -0.789. The second kappa shape index (κ2) is 1.84. The highest BCUT2D eigenvalue weighted by Gasteiger charge is 2.55. The van der Waals surface area contributed by atoms with E-state index < -0.39 is 11.5 Å². The van der Waals surface area contributed by atoms with E-state index in [2.05, 4.69) is 0 Å². The molecule has 2 bridgehead atoms. The normalized spacial score (nSPS) is 42.5. The Bertz CT molecular complexity index is 233. The number of carbonyl (C=O) groups is 2. The zero-order valence-electron chi connectivity index (χ0n) is 6.42. The molecule has 0 aromatic rings. The molecule has 2 fully saturated rings. The summed E-state index contributed by atoms with van der Waals surface area (Å²) in [7, 11) is 0. The topological polar surface area (TPSA) is 43.4 Å². The molecule has 0 N–H and O–H groups in total. The van der Waals surface area contributed by atoms with E-state index in [1.807, 2.05) is 0 Å². The summed E-state index contributed by atoms with van der Waals surface area (Å²) in [6.45, 7) is 1.69. The number of ketones is 1. The Balaban J connectivity index is 2.41. The largest absolute Gasteiger partial charge is 0.454 e. The van der Waals surface area contributed by atoms with E-state index in [9.17, 15) is 9.59 Å². The number of fused-ring (bicyclic) bond motifs is 2. The van der Waals surface area contributed by atoms with Crippen LogP contribution < -0.4 is 0 Å². The molecule has 2 rings (SSSR count). The van der Waals surface area contributed by atoms with E-state index in [0.29, 0.717) is 6.42 Å². The molecule has 1 saturated heterocycles. The number of carbonyl (C=O) groups excluding carboxylic acids is 2. The fourth-order valence-electron chi connectivity index (χ4n) is 1.82. The van der Waals surface area contributed by atoms with Crippen LogP contribution in [0.2, 0.25) is 0 Å². The summed E-state index contributed by atoms with van der Waals surface area (Å²) in [6, 6.07) is 0. The van der Waals surface area contributed by atoms with Crippen molar-refractivity contribution in [2.45, 2.75) is 32.3 Å². The summed E-state index contributed by atoms with van der Waals surface area (Å²) in [5, 5.41) is 0. The summed E-state index contributed by atoms with van der Waals surface area (Å²) >= 11 is 0. The van der Waals surface area contributed by atoms with E-state index in [1.54, 1.807) is 6.92 Å². The molecule has 0 aromatic heterocycles. The third-order valence-electron chi connectivity index (χ3n) is 2.68. The minimum absolute atomic E-state index is 0.00579. The molecule has 11 heavy (non-hydrogen) atoms. The van der Waals surface area contributed by atoms with Crippen molar-refractivity contribution in [2.75, 3.05) is 0 Å². The lowest BCUT2D eigenvalue weighted by molar-refractivity contribution is -0.147. The molecule has 1 saturated carbocycles. The van der Waals surface area contributed by atoms with E-state index in [1.165, 1.54) is 0 Å². The summed E-state index contributed by atoms with van der Waals surface area (Å²) in [6.07, 6.45) is 1.90. The Morgan fingerprint density at radius 3 is 2.82 bits per heavy atom. The van der Waals surface area contributed by atoms with E-state index in [4.69, 9.17) is 4.74 Å². The van der Waals surface area contributed by atoms with Crippen molar-refractivity contribution in [1.82, 2.24) is 0 Å². The molecule has 0 spiro atoms. The fraction of sp³-hybridized carbons (Fsp3) is 0.750. The zero-order chi connectivity index (χ0) is 8.06. The van der Waals surface area contributed by atoms with Crippen molar-refractivity contribution in [3.63, 3.8) is 0 Å². The Labute approximate surface area is 64.7 Å². The van der Waals surface area contributed by atoms with Crippen LogP contribution in [-0.4, -0.2) is 17.9 Å². The molecule has 0 unspecified atom stereocenters. The minimum Gasteiger partial charge on any atom is -0.454 e. The van der Waals surface area contributed by atoms with Crippen molar-refractivity contribution < 1.29 is 14.3 Å². The Morgan fingerprint density at radius 1 is 1.55 bits per heavy atom. The van der Waals surface area contributed by atoms with Crippen LogP contribution in [0.1, 0.15) is 26.2 Å². The third-order valence-corrected chi connectivity index (χ3v) is 2.68. The summed E-state index contributed by atoms with van der Waals surface area (Å²) < 4.78 is 4.91. The molecule has 1 aliphatic heterocycles. The van der Waals surface area contributed by atoms with E-state index in [0.717, 1.165) is 12.8 Å². The van der Waals surface area contributed by atoms with Gasteiger partial charge in [-0.2, -0.15) is 0 Å². The monoisotopic (exact) mass is 154 g/mol. The van der Waals surface area contributed by atoms with Crippen LogP contribution in [0.15, 0.2) is 0 Å². The van der Waals surface area contributed by atoms with Gasteiger partial charge in [-0.3, -0.25) is 9.59 Å². The third kappa shape index (κ3) is 0.682. The van der Waals surface area contributed by atoms with E-state index >= 15 is 0 Å². The molecule has 1 heterocycles. The molecule has 0 amide bonds. The van der Waals surface area contributed by atoms with Crippen LogP contribution >= 0.6 is 0 Å². The molecule has 0 aromatic carbocycles. The van der Waals surface area contributed by atoms with E-state index in [-0.39, 0.29) is 11.8 Å². The predicted octanol–water partition coefficient (Wildman–Crippen LogP) is 0.671. The van der Waals surface area contributed by atoms with Crippen molar-refractivity contribution in [3.8, 4) is 0 Å². The van der Waals surface area contributed by atoms with Crippen LogP contribution in [-0.2, 0) is 14.3 Å². The molecule has 3 nitrogen and oxygen atoms in total. The molecule has 1 aliphatic carbocycles.